The number of amides is 1. The Morgan fingerprint density at radius 2 is 1.86 bits per heavy atom. The summed E-state index contributed by atoms with van der Waals surface area (Å²) in [5, 5.41) is 3.02. The third-order valence-corrected chi connectivity index (χ3v) is 4.26. The highest BCUT2D eigenvalue weighted by Gasteiger charge is 2.45. The van der Waals surface area contributed by atoms with Crippen LogP contribution in [0.5, 0.6) is 0 Å². The average Bonchev–Trinajstić information content (AvgIpc) is 2.47. The lowest BCUT2D eigenvalue weighted by Crippen LogP contribution is -2.45. The lowest BCUT2D eigenvalue weighted by molar-refractivity contribution is -0.124. The molecule has 0 aliphatic heterocycles. The van der Waals surface area contributed by atoms with E-state index >= 15 is 0 Å². The van der Waals surface area contributed by atoms with Gasteiger partial charge in [0.1, 0.15) is 0 Å². The molecule has 0 aromatic heterocycles. The zero-order chi connectivity index (χ0) is 14.7. The molecule has 1 saturated carbocycles. The van der Waals surface area contributed by atoms with Crippen molar-refractivity contribution in [3.63, 3.8) is 0 Å². The molecule has 2 aromatic rings. The van der Waals surface area contributed by atoms with Crippen LogP contribution in [0.3, 0.4) is 0 Å². The molecular formula is C19H17NO. The van der Waals surface area contributed by atoms with E-state index in [-0.39, 0.29) is 11.3 Å². The molecule has 0 spiro atoms. The first kappa shape index (κ1) is 13.5. The minimum Gasteiger partial charge on any atom is -0.325 e. The van der Waals surface area contributed by atoms with Crippen LogP contribution >= 0.6 is 0 Å². The van der Waals surface area contributed by atoms with Crippen LogP contribution in [0.2, 0.25) is 0 Å². The van der Waals surface area contributed by atoms with Crippen LogP contribution in [0, 0.1) is 12.3 Å². The van der Waals surface area contributed by atoms with Crippen LogP contribution in [0.4, 0.5) is 5.69 Å². The fourth-order valence-electron chi connectivity index (χ4n) is 2.87. The molecule has 1 N–H and O–H groups in total. The van der Waals surface area contributed by atoms with E-state index in [1.54, 1.807) is 0 Å². The number of hydrogen-bond acceptors (Lipinski definition) is 1. The van der Waals surface area contributed by atoms with Gasteiger partial charge in [0.05, 0.1) is 5.41 Å². The van der Waals surface area contributed by atoms with Crippen molar-refractivity contribution in [2.45, 2.75) is 24.7 Å². The summed E-state index contributed by atoms with van der Waals surface area (Å²) in [6.45, 7) is 0. The fourth-order valence-corrected chi connectivity index (χ4v) is 2.87. The molecular weight excluding hydrogens is 258 g/mol. The quantitative estimate of drug-likeness (QED) is 0.850. The number of anilines is 1. The van der Waals surface area contributed by atoms with Gasteiger partial charge < -0.3 is 5.32 Å². The maximum absolute atomic E-state index is 12.8. The Labute approximate surface area is 125 Å². The van der Waals surface area contributed by atoms with E-state index in [4.69, 9.17) is 6.42 Å². The maximum Gasteiger partial charge on any atom is 0.235 e. The zero-order valence-corrected chi connectivity index (χ0v) is 11.8. The highest BCUT2D eigenvalue weighted by Crippen LogP contribution is 2.44. The molecule has 1 fully saturated rings. The Kier molecular flexibility index (Phi) is 3.50. The number of terminal acetylenes is 1. The van der Waals surface area contributed by atoms with Crippen LogP contribution in [0.15, 0.2) is 54.6 Å². The van der Waals surface area contributed by atoms with Crippen molar-refractivity contribution in [3.8, 4) is 12.3 Å². The second-order valence-electron chi connectivity index (χ2n) is 5.48. The van der Waals surface area contributed by atoms with Crippen LogP contribution < -0.4 is 5.32 Å². The summed E-state index contributed by atoms with van der Waals surface area (Å²) in [5.41, 5.74) is 2.25. The molecule has 0 heterocycles. The summed E-state index contributed by atoms with van der Waals surface area (Å²) in [5.74, 6) is 2.65. The van der Waals surface area contributed by atoms with Gasteiger partial charge in [0.2, 0.25) is 5.91 Å². The molecule has 2 heteroatoms. The summed E-state index contributed by atoms with van der Waals surface area (Å²) in [7, 11) is 0. The van der Waals surface area contributed by atoms with Crippen molar-refractivity contribution in [1.29, 1.82) is 0 Å². The molecule has 0 bridgehead atoms. The van der Waals surface area contributed by atoms with Gasteiger partial charge >= 0.3 is 0 Å². The number of hydrogen-bond donors (Lipinski definition) is 1. The van der Waals surface area contributed by atoms with E-state index in [1.165, 1.54) is 0 Å². The second-order valence-corrected chi connectivity index (χ2v) is 5.48. The molecule has 1 amide bonds. The Morgan fingerprint density at radius 3 is 2.48 bits per heavy atom. The molecule has 0 radical (unpaired) electrons. The molecule has 0 unspecified atom stereocenters. The van der Waals surface area contributed by atoms with Crippen molar-refractivity contribution in [3.05, 3.63) is 65.7 Å². The largest absolute Gasteiger partial charge is 0.325 e. The van der Waals surface area contributed by atoms with Crippen molar-refractivity contribution in [2.75, 3.05) is 5.32 Å². The van der Waals surface area contributed by atoms with Crippen LogP contribution in [-0.4, -0.2) is 5.91 Å². The molecule has 1 aliphatic carbocycles. The maximum atomic E-state index is 12.8. The molecule has 0 atom stereocenters. The van der Waals surface area contributed by atoms with Crippen molar-refractivity contribution in [2.24, 2.45) is 0 Å². The third-order valence-electron chi connectivity index (χ3n) is 4.26. The number of nitrogens with one attached hydrogen (secondary N) is 1. The van der Waals surface area contributed by atoms with Gasteiger partial charge in [0, 0.05) is 11.3 Å². The van der Waals surface area contributed by atoms with Gasteiger partial charge in [-0.25, -0.2) is 0 Å². The van der Waals surface area contributed by atoms with E-state index in [0.29, 0.717) is 0 Å². The van der Waals surface area contributed by atoms with Crippen molar-refractivity contribution in [1.82, 2.24) is 0 Å². The Balaban J connectivity index is 1.85. The normalized spacial score (nSPS) is 15.6. The number of carbonyl (C=O) groups is 1. The van der Waals surface area contributed by atoms with Gasteiger partial charge in [-0.3, -0.25) is 4.79 Å². The van der Waals surface area contributed by atoms with Crippen LogP contribution in [-0.2, 0) is 10.2 Å². The standard InChI is InChI=1S/C19H17NO/c1-2-15-8-6-11-17(14-15)20-18(21)19(12-7-13-19)16-9-4-3-5-10-16/h1,3-6,8-11,14H,7,12-13H2,(H,20,21). The Bertz CT molecular complexity index is 693. The summed E-state index contributed by atoms with van der Waals surface area (Å²) in [6, 6.07) is 17.4. The van der Waals surface area contributed by atoms with E-state index in [0.717, 1.165) is 36.1 Å². The van der Waals surface area contributed by atoms with Gasteiger partial charge in [0.25, 0.3) is 0 Å². The molecule has 104 valence electrons. The predicted octanol–water partition coefficient (Wildman–Crippen LogP) is 3.73. The van der Waals surface area contributed by atoms with Gasteiger partial charge in [-0.1, -0.05) is 48.7 Å². The van der Waals surface area contributed by atoms with Crippen LogP contribution in [0.1, 0.15) is 30.4 Å². The summed E-state index contributed by atoms with van der Waals surface area (Å²) >= 11 is 0. The number of benzene rings is 2. The lowest BCUT2D eigenvalue weighted by atomic mass is 9.64. The SMILES string of the molecule is C#Cc1cccc(NC(=O)C2(c3ccccc3)CCC2)c1. The van der Waals surface area contributed by atoms with Gasteiger partial charge in [0.15, 0.2) is 0 Å². The molecule has 3 rings (SSSR count). The van der Waals surface area contributed by atoms with E-state index < -0.39 is 0 Å². The topological polar surface area (TPSA) is 29.1 Å². The summed E-state index contributed by atoms with van der Waals surface area (Å²) in [4.78, 5) is 12.8. The van der Waals surface area contributed by atoms with Crippen molar-refractivity contribution >= 4 is 11.6 Å². The Hall–Kier alpha value is -2.53. The first-order chi connectivity index (χ1) is 10.2. The molecule has 21 heavy (non-hydrogen) atoms. The summed E-state index contributed by atoms with van der Waals surface area (Å²) < 4.78 is 0. The van der Waals surface area contributed by atoms with Gasteiger partial charge in [-0.05, 0) is 36.6 Å². The minimum atomic E-state index is -0.382. The fraction of sp³-hybridized carbons (Fsp3) is 0.211. The molecule has 2 aromatic carbocycles. The number of carbonyl (C=O) groups excluding carboxylic acids is 1. The first-order valence-corrected chi connectivity index (χ1v) is 7.18. The van der Waals surface area contributed by atoms with E-state index in [9.17, 15) is 4.79 Å². The molecule has 0 saturated heterocycles. The highest BCUT2D eigenvalue weighted by molar-refractivity contribution is 6.00. The summed E-state index contributed by atoms with van der Waals surface area (Å²) in [6.07, 6.45) is 8.29. The third kappa shape index (κ3) is 2.43. The second kappa shape index (κ2) is 5.46. The first-order valence-electron chi connectivity index (χ1n) is 7.18. The molecule has 2 nitrogen and oxygen atoms in total. The predicted molar refractivity (Wildman–Crippen MR) is 85.0 cm³/mol. The van der Waals surface area contributed by atoms with E-state index in [1.807, 2.05) is 54.6 Å². The Morgan fingerprint density at radius 1 is 1.10 bits per heavy atom. The minimum absolute atomic E-state index is 0.0640. The van der Waals surface area contributed by atoms with Crippen molar-refractivity contribution < 1.29 is 4.79 Å². The lowest BCUT2D eigenvalue weighted by Gasteiger charge is -2.40. The zero-order valence-electron chi connectivity index (χ0n) is 11.8. The highest BCUT2D eigenvalue weighted by atomic mass is 16.2. The van der Waals surface area contributed by atoms with E-state index in [2.05, 4.69) is 11.2 Å². The monoisotopic (exact) mass is 275 g/mol. The number of rotatable bonds is 3. The average molecular weight is 275 g/mol. The smallest absolute Gasteiger partial charge is 0.235 e. The van der Waals surface area contributed by atoms with Gasteiger partial charge in [-0.15, -0.1) is 6.42 Å². The van der Waals surface area contributed by atoms with Crippen LogP contribution in [0.25, 0.3) is 0 Å². The van der Waals surface area contributed by atoms with Gasteiger partial charge in [-0.2, -0.15) is 0 Å². The molecule has 1 aliphatic rings.